The Morgan fingerprint density at radius 3 is 1.61 bits per heavy atom. The molecule has 0 atom stereocenters. The van der Waals surface area contributed by atoms with Crippen LogP contribution in [0.4, 0.5) is 0 Å². The maximum atomic E-state index is 5.72. The van der Waals surface area contributed by atoms with E-state index in [1.807, 2.05) is 14.2 Å². The Labute approximate surface area is 116 Å². The van der Waals surface area contributed by atoms with Crippen LogP contribution in [0.2, 0.25) is 11.6 Å². The Balaban J connectivity index is 3.62. The zero-order valence-corrected chi connectivity index (χ0v) is 14.3. The number of hydrogen-bond donors (Lipinski definition) is 0. The molecule has 0 bridgehead atoms. The maximum absolute atomic E-state index is 5.72. The van der Waals surface area contributed by atoms with Gasteiger partial charge in [0, 0.05) is 14.2 Å². The molecule has 0 N–H and O–H groups in total. The lowest BCUT2D eigenvalue weighted by Crippen LogP contribution is -2.43. The third-order valence-electron chi connectivity index (χ3n) is 3.95. The molecule has 2 nitrogen and oxygen atoms in total. The second-order valence-electron chi connectivity index (χ2n) is 5.60. The second-order valence-corrected chi connectivity index (χ2v) is 9.69. The summed E-state index contributed by atoms with van der Waals surface area (Å²) in [7, 11) is 1.74. The topological polar surface area (TPSA) is 18.5 Å². The SMILES string of the molecule is CCCCCCCCCC[Si](OC)(OC)C(C)C. The van der Waals surface area contributed by atoms with Crippen LogP contribution in [-0.4, -0.2) is 22.8 Å². The third-order valence-corrected chi connectivity index (χ3v) is 8.14. The van der Waals surface area contributed by atoms with Gasteiger partial charge in [0.2, 0.25) is 0 Å². The van der Waals surface area contributed by atoms with Crippen molar-refractivity contribution < 1.29 is 8.85 Å². The molecule has 0 saturated carbocycles. The molecule has 0 aromatic heterocycles. The van der Waals surface area contributed by atoms with Crippen molar-refractivity contribution in [3.05, 3.63) is 0 Å². The van der Waals surface area contributed by atoms with E-state index in [0.717, 1.165) is 6.04 Å². The van der Waals surface area contributed by atoms with Crippen molar-refractivity contribution in [2.45, 2.75) is 83.7 Å². The van der Waals surface area contributed by atoms with Crippen LogP contribution in [0, 0.1) is 0 Å². The quantitative estimate of drug-likeness (QED) is 0.356. The Morgan fingerprint density at radius 2 is 1.22 bits per heavy atom. The molecule has 3 heteroatoms. The van der Waals surface area contributed by atoms with Crippen LogP contribution in [0.25, 0.3) is 0 Å². The molecule has 18 heavy (non-hydrogen) atoms. The summed E-state index contributed by atoms with van der Waals surface area (Å²) in [6.45, 7) is 6.72. The lowest BCUT2D eigenvalue weighted by atomic mass is 10.1. The largest absolute Gasteiger partial charge is 0.397 e. The molecule has 0 aliphatic heterocycles. The maximum Gasteiger partial charge on any atom is 0.340 e. The van der Waals surface area contributed by atoms with Gasteiger partial charge in [0.25, 0.3) is 0 Å². The van der Waals surface area contributed by atoms with Gasteiger partial charge in [0.05, 0.1) is 0 Å². The highest BCUT2D eigenvalue weighted by molar-refractivity contribution is 6.68. The van der Waals surface area contributed by atoms with Gasteiger partial charge in [-0.15, -0.1) is 0 Å². The van der Waals surface area contributed by atoms with E-state index in [1.165, 1.54) is 51.4 Å². The minimum atomic E-state index is -1.90. The lowest BCUT2D eigenvalue weighted by Gasteiger charge is -2.31. The zero-order valence-electron chi connectivity index (χ0n) is 13.3. The summed E-state index contributed by atoms with van der Waals surface area (Å²) < 4.78 is 11.4. The Morgan fingerprint density at radius 1 is 0.778 bits per heavy atom. The van der Waals surface area contributed by atoms with Crippen LogP contribution in [0.15, 0.2) is 0 Å². The molecule has 0 heterocycles. The van der Waals surface area contributed by atoms with Crippen molar-refractivity contribution in [3.63, 3.8) is 0 Å². The second kappa shape index (κ2) is 11.0. The summed E-state index contributed by atoms with van der Waals surface area (Å²) in [5.41, 5.74) is 0.539. The molecule has 0 aliphatic rings. The summed E-state index contributed by atoms with van der Waals surface area (Å²) >= 11 is 0. The molecule has 0 unspecified atom stereocenters. The van der Waals surface area contributed by atoms with Crippen LogP contribution in [0.5, 0.6) is 0 Å². The Bertz CT molecular complexity index is 179. The van der Waals surface area contributed by atoms with E-state index in [-0.39, 0.29) is 0 Å². The molecule has 0 aliphatic carbocycles. The lowest BCUT2D eigenvalue weighted by molar-refractivity contribution is 0.231. The van der Waals surface area contributed by atoms with Gasteiger partial charge in [0.1, 0.15) is 0 Å². The van der Waals surface area contributed by atoms with Crippen LogP contribution in [0.3, 0.4) is 0 Å². The van der Waals surface area contributed by atoms with E-state index in [2.05, 4.69) is 20.8 Å². The standard InChI is InChI=1S/C15H34O2Si/c1-6-7-8-9-10-11-12-13-14-18(16-4,17-5)15(2)3/h15H,6-14H2,1-5H3. The molecule has 0 aromatic carbocycles. The first-order chi connectivity index (χ1) is 8.63. The first-order valence-corrected chi connectivity index (χ1v) is 9.83. The summed E-state index contributed by atoms with van der Waals surface area (Å²) in [4.78, 5) is 0. The predicted molar refractivity (Wildman–Crippen MR) is 82.3 cm³/mol. The normalized spacial score (nSPS) is 12.3. The van der Waals surface area contributed by atoms with Crippen LogP contribution in [-0.2, 0) is 8.85 Å². The molecule has 0 radical (unpaired) electrons. The van der Waals surface area contributed by atoms with Crippen molar-refractivity contribution in [2.75, 3.05) is 14.2 Å². The predicted octanol–water partition coefficient (Wildman–Crippen LogP) is 5.27. The van der Waals surface area contributed by atoms with E-state index in [0.29, 0.717) is 5.54 Å². The number of hydrogen-bond acceptors (Lipinski definition) is 2. The minimum Gasteiger partial charge on any atom is -0.397 e. The highest BCUT2D eigenvalue weighted by Crippen LogP contribution is 2.28. The monoisotopic (exact) mass is 274 g/mol. The van der Waals surface area contributed by atoms with Crippen molar-refractivity contribution >= 4 is 8.56 Å². The van der Waals surface area contributed by atoms with Crippen molar-refractivity contribution in [1.82, 2.24) is 0 Å². The van der Waals surface area contributed by atoms with Gasteiger partial charge in [-0.1, -0.05) is 72.1 Å². The highest BCUT2D eigenvalue weighted by Gasteiger charge is 2.38. The highest BCUT2D eigenvalue weighted by atomic mass is 28.4. The molecule has 0 saturated heterocycles. The third kappa shape index (κ3) is 6.91. The van der Waals surface area contributed by atoms with Gasteiger partial charge in [-0.25, -0.2) is 0 Å². The Kier molecular flexibility index (Phi) is 11.1. The fraction of sp³-hybridized carbons (Fsp3) is 1.00. The van der Waals surface area contributed by atoms with Crippen molar-refractivity contribution in [3.8, 4) is 0 Å². The average Bonchev–Trinajstić information content (AvgIpc) is 2.37. The number of rotatable bonds is 12. The summed E-state index contributed by atoms with van der Waals surface area (Å²) in [6.07, 6.45) is 10.9. The fourth-order valence-electron chi connectivity index (χ4n) is 2.55. The van der Waals surface area contributed by atoms with Gasteiger partial charge >= 0.3 is 8.56 Å². The summed E-state index contributed by atoms with van der Waals surface area (Å²) in [6, 6.07) is 1.15. The van der Waals surface area contributed by atoms with Gasteiger partial charge in [-0.2, -0.15) is 0 Å². The van der Waals surface area contributed by atoms with E-state index < -0.39 is 8.56 Å². The Hall–Kier alpha value is 0.137. The molecule has 0 rings (SSSR count). The molecule has 0 spiro atoms. The molecule has 0 fully saturated rings. The molecule has 110 valence electrons. The first kappa shape index (κ1) is 18.1. The van der Waals surface area contributed by atoms with Crippen molar-refractivity contribution in [1.29, 1.82) is 0 Å². The van der Waals surface area contributed by atoms with Gasteiger partial charge in [0.15, 0.2) is 0 Å². The average molecular weight is 275 g/mol. The summed E-state index contributed by atoms with van der Waals surface area (Å²) in [5.74, 6) is 0. The summed E-state index contributed by atoms with van der Waals surface area (Å²) in [5, 5.41) is 0. The van der Waals surface area contributed by atoms with E-state index in [9.17, 15) is 0 Å². The fourth-order valence-corrected chi connectivity index (χ4v) is 5.39. The van der Waals surface area contributed by atoms with Gasteiger partial charge in [-0.05, 0) is 11.6 Å². The van der Waals surface area contributed by atoms with E-state index in [1.54, 1.807) is 0 Å². The molecular formula is C15H34O2Si. The minimum absolute atomic E-state index is 0.539. The molecular weight excluding hydrogens is 240 g/mol. The molecule has 0 aromatic rings. The smallest absolute Gasteiger partial charge is 0.340 e. The number of unbranched alkanes of at least 4 members (excludes halogenated alkanes) is 7. The van der Waals surface area contributed by atoms with Crippen LogP contribution >= 0.6 is 0 Å². The van der Waals surface area contributed by atoms with Crippen LogP contribution in [0.1, 0.15) is 72.1 Å². The zero-order chi connectivity index (χ0) is 13.9. The van der Waals surface area contributed by atoms with E-state index in [4.69, 9.17) is 8.85 Å². The van der Waals surface area contributed by atoms with Gasteiger partial charge < -0.3 is 8.85 Å². The van der Waals surface area contributed by atoms with E-state index >= 15 is 0 Å². The van der Waals surface area contributed by atoms with Gasteiger partial charge in [-0.3, -0.25) is 0 Å². The van der Waals surface area contributed by atoms with Crippen molar-refractivity contribution in [2.24, 2.45) is 0 Å². The molecule has 0 amide bonds. The van der Waals surface area contributed by atoms with Crippen LogP contribution < -0.4 is 0 Å². The first-order valence-electron chi connectivity index (χ1n) is 7.73.